The van der Waals surface area contributed by atoms with Crippen molar-refractivity contribution in [3.05, 3.63) is 0 Å². The molecule has 2 heteroatoms. The van der Waals surface area contributed by atoms with Gasteiger partial charge in [-0.3, -0.25) is 0 Å². The van der Waals surface area contributed by atoms with Gasteiger partial charge in [-0.1, -0.05) is 39.0 Å². The average molecular weight is 239 g/mol. The summed E-state index contributed by atoms with van der Waals surface area (Å²) in [7, 11) is 0. The molecule has 0 aromatic carbocycles. The SMILES string of the molecule is CCCC1CCCC(O)(C2(CN)CCC2)CC1. The van der Waals surface area contributed by atoms with Gasteiger partial charge in [-0.05, 0) is 38.0 Å². The molecule has 2 saturated carbocycles. The highest BCUT2D eigenvalue weighted by Gasteiger charge is 2.52. The molecular weight excluding hydrogens is 210 g/mol. The van der Waals surface area contributed by atoms with Gasteiger partial charge >= 0.3 is 0 Å². The predicted molar refractivity (Wildman–Crippen MR) is 71.8 cm³/mol. The zero-order chi connectivity index (χ0) is 12.4. The van der Waals surface area contributed by atoms with Gasteiger partial charge < -0.3 is 10.8 Å². The number of hydrogen-bond donors (Lipinski definition) is 2. The maximum atomic E-state index is 11.0. The maximum absolute atomic E-state index is 11.0. The number of nitrogens with two attached hydrogens (primary N) is 1. The molecule has 2 fully saturated rings. The molecule has 2 aliphatic rings. The van der Waals surface area contributed by atoms with Gasteiger partial charge in [0.05, 0.1) is 5.60 Å². The summed E-state index contributed by atoms with van der Waals surface area (Å²) in [6.45, 7) is 2.95. The van der Waals surface area contributed by atoms with Crippen LogP contribution >= 0.6 is 0 Å². The van der Waals surface area contributed by atoms with Crippen molar-refractivity contribution < 1.29 is 5.11 Å². The Hall–Kier alpha value is -0.0800. The summed E-state index contributed by atoms with van der Waals surface area (Å²) in [6, 6.07) is 0. The standard InChI is InChI=1S/C15H29NO/c1-2-5-13-6-3-10-15(17,11-7-13)14(12-16)8-4-9-14/h13,17H,2-12,16H2,1H3. The molecule has 0 amide bonds. The molecular formula is C15H29NO. The lowest BCUT2D eigenvalue weighted by Crippen LogP contribution is -2.56. The Bertz CT molecular complexity index is 244. The van der Waals surface area contributed by atoms with Gasteiger partial charge in [-0.15, -0.1) is 0 Å². The van der Waals surface area contributed by atoms with E-state index in [1.807, 2.05) is 0 Å². The summed E-state index contributed by atoms with van der Waals surface area (Å²) < 4.78 is 0. The van der Waals surface area contributed by atoms with E-state index in [9.17, 15) is 5.11 Å². The summed E-state index contributed by atoms with van der Waals surface area (Å²) in [6.07, 6.45) is 11.9. The fourth-order valence-corrected chi connectivity index (χ4v) is 4.09. The third-order valence-corrected chi connectivity index (χ3v) is 5.55. The van der Waals surface area contributed by atoms with Crippen LogP contribution in [0.25, 0.3) is 0 Å². The molecule has 0 spiro atoms. The highest BCUT2D eigenvalue weighted by Crippen LogP contribution is 2.53. The summed E-state index contributed by atoms with van der Waals surface area (Å²) in [5.74, 6) is 0.851. The maximum Gasteiger partial charge on any atom is 0.0715 e. The second-order valence-electron chi connectivity index (χ2n) is 6.46. The lowest BCUT2D eigenvalue weighted by molar-refractivity contribution is -0.132. The van der Waals surface area contributed by atoms with E-state index in [0.29, 0.717) is 6.54 Å². The molecule has 100 valence electrons. The monoisotopic (exact) mass is 239 g/mol. The van der Waals surface area contributed by atoms with Crippen molar-refractivity contribution in [2.24, 2.45) is 17.1 Å². The van der Waals surface area contributed by atoms with Gasteiger partial charge in [0.1, 0.15) is 0 Å². The molecule has 0 saturated heterocycles. The second kappa shape index (κ2) is 5.27. The van der Waals surface area contributed by atoms with E-state index < -0.39 is 5.60 Å². The molecule has 3 N–H and O–H groups in total. The Kier molecular flexibility index (Phi) is 4.14. The summed E-state index contributed by atoms with van der Waals surface area (Å²) in [5, 5.41) is 11.0. The molecule has 0 heterocycles. The first-order valence-electron chi connectivity index (χ1n) is 7.58. The minimum atomic E-state index is -0.442. The van der Waals surface area contributed by atoms with E-state index in [1.54, 1.807) is 0 Å². The number of rotatable bonds is 4. The van der Waals surface area contributed by atoms with Crippen molar-refractivity contribution in [1.82, 2.24) is 0 Å². The Morgan fingerprint density at radius 1 is 1.12 bits per heavy atom. The van der Waals surface area contributed by atoms with Crippen LogP contribution in [0.2, 0.25) is 0 Å². The smallest absolute Gasteiger partial charge is 0.0715 e. The fourth-order valence-electron chi connectivity index (χ4n) is 4.09. The third kappa shape index (κ3) is 2.39. The van der Waals surface area contributed by atoms with Crippen LogP contribution in [-0.4, -0.2) is 17.3 Å². The first kappa shape index (κ1) is 13.4. The van der Waals surface area contributed by atoms with Crippen LogP contribution in [0.1, 0.15) is 71.1 Å². The van der Waals surface area contributed by atoms with Crippen LogP contribution in [-0.2, 0) is 0 Å². The van der Waals surface area contributed by atoms with Crippen LogP contribution in [0.3, 0.4) is 0 Å². The largest absolute Gasteiger partial charge is 0.389 e. The van der Waals surface area contributed by atoms with Crippen LogP contribution in [0.15, 0.2) is 0 Å². The molecule has 0 aromatic rings. The zero-order valence-corrected chi connectivity index (χ0v) is 11.4. The van der Waals surface area contributed by atoms with Crippen molar-refractivity contribution in [2.75, 3.05) is 6.54 Å². The predicted octanol–water partition coefficient (Wildman–Crippen LogP) is 3.23. The van der Waals surface area contributed by atoms with Gasteiger partial charge in [0.2, 0.25) is 0 Å². The van der Waals surface area contributed by atoms with Crippen molar-refractivity contribution in [3.8, 4) is 0 Å². The summed E-state index contributed by atoms with van der Waals surface area (Å²) >= 11 is 0. The second-order valence-corrected chi connectivity index (χ2v) is 6.46. The molecule has 2 nitrogen and oxygen atoms in total. The van der Waals surface area contributed by atoms with Crippen molar-refractivity contribution in [1.29, 1.82) is 0 Å². The lowest BCUT2D eigenvalue weighted by atomic mass is 9.56. The molecule has 2 unspecified atom stereocenters. The first-order valence-corrected chi connectivity index (χ1v) is 7.58. The fraction of sp³-hybridized carbons (Fsp3) is 1.00. The Balaban J connectivity index is 2.01. The van der Waals surface area contributed by atoms with Crippen molar-refractivity contribution in [3.63, 3.8) is 0 Å². The van der Waals surface area contributed by atoms with Crippen molar-refractivity contribution in [2.45, 2.75) is 76.7 Å². The molecule has 2 aliphatic carbocycles. The molecule has 0 radical (unpaired) electrons. The Morgan fingerprint density at radius 3 is 2.41 bits per heavy atom. The van der Waals surface area contributed by atoms with E-state index in [0.717, 1.165) is 31.6 Å². The van der Waals surface area contributed by atoms with E-state index in [1.165, 1.54) is 38.5 Å². The molecule has 0 bridgehead atoms. The van der Waals surface area contributed by atoms with Gasteiger partial charge in [0, 0.05) is 12.0 Å². The average Bonchev–Trinajstić information content (AvgIpc) is 2.42. The van der Waals surface area contributed by atoms with Crippen LogP contribution in [0.5, 0.6) is 0 Å². The minimum Gasteiger partial charge on any atom is -0.389 e. The highest BCUT2D eigenvalue weighted by atomic mass is 16.3. The van der Waals surface area contributed by atoms with Gasteiger partial charge in [-0.25, -0.2) is 0 Å². The quantitative estimate of drug-likeness (QED) is 0.740. The van der Waals surface area contributed by atoms with Gasteiger partial charge in [-0.2, -0.15) is 0 Å². The number of hydrogen-bond acceptors (Lipinski definition) is 2. The molecule has 17 heavy (non-hydrogen) atoms. The highest BCUT2D eigenvalue weighted by molar-refractivity contribution is 5.05. The van der Waals surface area contributed by atoms with Crippen molar-refractivity contribution >= 4 is 0 Å². The van der Waals surface area contributed by atoms with Crippen LogP contribution < -0.4 is 5.73 Å². The number of aliphatic hydroxyl groups is 1. The lowest BCUT2D eigenvalue weighted by Gasteiger charge is -2.53. The van der Waals surface area contributed by atoms with E-state index in [4.69, 9.17) is 5.73 Å². The van der Waals surface area contributed by atoms with Gasteiger partial charge in [0.25, 0.3) is 0 Å². The first-order chi connectivity index (χ1) is 8.16. The normalized spacial score (nSPS) is 37.2. The van der Waals surface area contributed by atoms with E-state index >= 15 is 0 Å². The van der Waals surface area contributed by atoms with Crippen LogP contribution in [0, 0.1) is 11.3 Å². The minimum absolute atomic E-state index is 0.0775. The third-order valence-electron chi connectivity index (χ3n) is 5.55. The Labute approximate surface area is 106 Å². The molecule has 2 rings (SSSR count). The molecule has 2 atom stereocenters. The van der Waals surface area contributed by atoms with E-state index in [-0.39, 0.29) is 5.41 Å². The Morgan fingerprint density at radius 2 is 1.88 bits per heavy atom. The van der Waals surface area contributed by atoms with Gasteiger partial charge in [0.15, 0.2) is 0 Å². The van der Waals surface area contributed by atoms with E-state index in [2.05, 4.69) is 6.92 Å². The topological polar surface area (TPSA) is 46.2 Å². The molecule has 0 aliphatic heterocycles. The summed E-state index contributed by atoms with van der Waals surface area (Å²) in [4.78, 5) is 0. The van der Waals surface area contributed by atoms with Crippen LogP contribution in [0.4, 0.5) is 0 Å². The molecule has 0 aromatic heterocycles. The summed E-state index contributed by atoms with van der Waals surface area (Å²) in [5.41, 5.74) is 5.60. The zero-order valence-electron chi connectivity index (χ0n) is 11.4.